The van der Waals surface area contributed by atoms with E-state index in [2.05, 4.69) is 35.0 Å². The molecule has 42 heavy (non-hydrogen) atoms. The number of aromatic nitrogens is 1. The SMILES string of the molecule is CCCCC1=NC2(CCCCC2)C(=O)N1Cc1ccc(-c2ccccc2[S+]([O-])Nc2noc(C)c2C)c(COCC)c1. The van der Waals surface area contributed by atoms with Crippen LogP contribution in [0, 0.1) is 13.8 Å². The second kappa shape index (κ2) is 13.4. The van der Waals surface area contributed by atoms with Gasteiger partial charge in [0.15, 0.2) is 4.90 Å². The van der Waals surface area contributed by atoms with Gasteiger partial charge in [0.05, 0.1) is 13.2 Å². The molecule has 2 heterocycles. The van der Waals surface area contributed by atoms with Crippen molar-refractivity contribution in [3.63, 3.8) is 0 Å². The van der Waals surface area contributed by atoms with Gasteiger partial charge in [0.25, 0.3) is 5.91 Å². The zero-order chi connectivity index (χ0) is 29.7. The molecule has 1 aromatic heterocycles. The average molecular weight is 591 g/mol. The van der Waals surface area contributed by atoms with Crippen LogP contribution in [0.5, 0.6) is 0 Å². The molecule has 9 heteroatoms. The topological polar surface area (TPSA) is 103 Å². The predicted molar refractivity (Wildman–Crippen MR) is 167 cm³/mol. The van der Waals surface area contributed by atoms with Gasteiger partial charge in [-0.1, -0.05) is 68.1 Å². The molecule has 5 rings (SSSR count). The minimum Gasteiger partial charge on any atom is -0.588 e. The van der Waals surface area contributed by atoms with Gasteiger partial charge in [0.1, 0.15) is 28.5 Å². The van der Waals surface area contributed by atoms with Crippen molar-refractivity contribution in [3.8, 4) is 11.1 Å². The smallest absolute Gasteiger partial charge is 0.256 e. The third-order valence-corrected chi connectivity index (χ3v) is 9.56. The minimum atomic E-state index is -1.57. The van der Waals surface area contributed by atoms with Crippen LogP contribution in [0.3, 0.4) is 0 Å². The van der Waals surface area contributed by atoms with E-state index in [0.717, 1.165) is 78.6 Å². The molecule has 1 N–H and O–H groups in total. The lowest BCUT2D eigenvalue weighted by molar-refractivity contribution is -0.132. The fourth-order valence-corrected chi connectivity index (χ4v) is 6.96. The monoisotopic (exact) mass is 590 g/mol. The Balaban J connectivity index is 1.45. The first kappa shape index (κ1) is 30.3. The third-order valence-electron chi connectivity index (χ3n) is 8.43. The van der Waals surface area contributed by atoms with E-state index in [1.54, 1.807) is 0 Å². The van der Waals surface area contributed by atoms with Crippen molar-refractivity contribution in [3.05, 3.63) is 64.9 Å². The molecule has 1 saturated carbocycles. The van der Waals surface area contributed by atoms with Gasteiger partial charge in [-0.05, 0) is 68.9 Å². The maximum absolute atomic E-state index is 13.8. The summed E-state index contributed by atoms with van der Waals surface area (Å²) in [5.74, 6) is 2.25. The molecule has 1 amide bonds. The Kier molecular flexibility index (Phi) is 9.70. The number of anilines is 1. The summed E-state index contributed by atoms with van der Waals surface area (Å²) in [5.41, 5.74) is 4.08. The molecule has 1 aliphatic heterocycles. The average Bonchev–Trinajstić information content (AvgIpc) is 3.45. The highest BCUT2D eigenvalue weighted by molar-refractivity contribution is 7.92. The van der Waals surface area contributed by atoms with Gasteiger partial charge in [-0.15, -0.1) is 0 Å². The van der Waals surface area contributed by atoms with Crippen LogP contribution in [0.1, 0.15) is 87.7 Å². The highest BCUT2D eigenvalue weighted by atomic mass is 32.2. The van der Waals surface area contributed by atoms with Gasteiger partial charge in [0.2, 0.25) is 5.82 Å². The van der Waals surface area contributed by atoms with Crippen molar-refractivity contribution in [2.75, 3.05) is 11.3 Å². The summed E-state index contributed by atoms with van der Waals surface area (Å²) in [6.45, 7) is 9.33. The summed E-state index contributed by atoms with van der Waals surface area (Å²) in [4.78, 5) is 21.5. The van der Waals surface area contributed by atoms with Crippen molar-refractivity contribution in [2.45, 2.75) is 103 Å². The van der Waals surface area contributed by atoms with Crippen LogP contribution in [0.4, 0.5) is 5.82 Å². The standard InChI is InChI=1S/C33H42N4O4S/c1-5-7-15-30-34-33(18-11-8-12-19-33)32(38)37(30)21-25-16-17-27(26(20-25)22-40-6-2)28-13-9-10-14-29(28)42(39)36-31-23(3)24(4)41-35-31/h9-10,13-14,16-17,20H,5-8,11-12,15,18-19,21-22H2,1-4H3,(H,35,36). The number of amidine groups is 1. The molecule has 1 spiro atoms. The molecule has 1 atom stereocenters. The number of hydrogen-bond acceptors (Lipinski definition) is 7. The summed E-state index contributed by atoms with van der Waals surface area (Å²) in [6.07, 6.45) is 7.89. The molecular weight excluding hydrogens is 548 g/mol. The van der Waals surface area contributed by atoms with Crippen molar-refractivity contribution < 1.29 is 18.6 Å². The summed E-state index contributed by atoms with van der Waals surface area (Å²) in [7, 11) is 0. The highest BCUT2D eigenvalue weighted by Crippen LogP contribution is 2.39. The maximum atomic E-state index is 13.8. The van der Waals surface area contributed by atoms with E-state index in [-0.39, 0.29) is 5.91 Å². The second-order valence-corrected chi connectivity index (χ2v) is 12.5. The first-order chi connectivity index (χ1) is 20.4. The summed E-state index contributed by atoms with van der Waals surface area (Å²) in [5, 5.41) is 4.02. The molecular formula is C33H42N4O4S. The number of ether oxygens (including phenoxy) is 1. The van der Waals surface area contributed by atoms with Gasteiger partial charge in [-0.2, -0.15) is 4.72 Å². The second-order valence-electron chi connectivity index (χ2n) is 11.3. The molecule has 0 bridgehead atoms. The summed E-state index contributed by atoms with van der Waals surface area (Å²) < 4.78 is 27.7. The molecule has 1 fully saturated rings. The number of rotatable bonds is 12. The Bertz CT molecular complexity index is 1430. The Hall–Kier alpha value is -3.14. The highest BCUT2D eigenvalue weighted by Gasteiger charge is 2.48. The summed E-state index contributed by atoms with van der Waals surface area (Å²) >= 11 is -1.57. The number of amides is 1. The van der Waals surface area contributed by atoms with Crippen LogP contribution in [0.2, 0.25) is 0 Å². The number of aliphatic imine (C=N–C) groups is 1. The number of carbonyl (C=O) groups excluding carboxylic acids is 1. The number of unbranched alkanes of at least 4 members (excludes halogenated alkanes) is 1. The molecule has 2 aromatic carbocycles. The number of hydrogen-bond donors (Lipinski definition) is 1. The third kappa shape index (κ3) is 6.28. The fourth-order valence-electron chi connectivity index (χ4n) is 5.90. The Labute approximate surface area is 252 Å². The van der Waals surface area contributed by atoms with Crippen molar-refractivity contribution in [2.24, 2.45) is 4.99 Å². The first-order valence-electron chi connectivity index (χ1n) is 15.2. The normalized spacial score (nSPS) is 17.1. The van der Waals surface area contributed by atoms with Gasteiger partial charge in [-0.3, -0.25) is 14.7 Å². The van der Waals surface area contributed by atoms with E-state index in [1.165, 1.54) is 6.42 Å². The van der Waals surface area contributed by atoms with E-state index in [0.29, 0.717) is 36.2 Å². The molecule has 224 valence electrons. The molecule has 2 aliphatic rings. The number of nitrogens with zero attached hydrogens (tertiary/aromatic N) is 3. The lowest BCUT2D eigenvalue weighted by Crippen LogP contribution is -2.43. The van der Waals surface area contributed by atoms with E-state index in [1.807, 2.05) is 49.9 Å². The van der Waals surface area contributed by atoms with Crippen LogP contribution in [0.15, 0.2) is 56.9 Å². The van der Waals surface area contributed by atoms with E-state index in [4.69, 9.17) is 14.3 Å². The largest absolute Gasteiger partial charge is 0.588 e. The number of benzene rings is 2. The first-order valence-corrected chi connectivity index (χ1v) is 16.3. The van der Waals surface area contributed by atoms with Gasteiger partial charge in [-0.25, -0.2) is 0 Å². The quantitative estimate of drug-likeness (QED) is 0.223. The molecule has 0 saturated heterocycles. The zero-order valence-electron chi connectivity index (χ0n) is 25.2. The van der Waals surface area contributed by atoms with E-state index >= 15 is 0 Å². The summed E-state index contributed by atoms with van der Waals surface area (Å²) in [6, 6.07) is 13.9. The number of nitrogens with one attached hydrogen (secondary N) is 1. The Morgan fingerprint density at radius 2 is 1.88 bits per heavy atom. The van der Waals surface area contributed by atoms with Gasteiger partial charge >= 0.3 is 0 Å². The van der Waals surface area contributed by atoms with Crippen molar-refractivity contribution in [1.29, 1.82) is 0 Å². The van der Waals surface area contributed by atoms with E-state index < -0.39 is 16.9 Å². The number of carbonyl (C=O) groups is 1. The van der Waals surface area contributed by atoms with Gasteiger partial charge in [0, 0.05) is 24.2 Å². The zero-order valence-corrected chi connectivity index (χ0v) is 26.0. The van der Waals surface area contributed by atoms with Crippen LogP contribution in [-0.2, 0) is 34.0 Å². The fraction of sp³-hybridized carbons (Fsp3) is 0.485. The Morgan fingerprint density at radius 1 is 1.10 bits per heavy atom. The Morgan fingerprint density at radius 3 is 2.60 bits per heavy atom. The van der Waals surface area contributed by atoms with Crippen LogP contribution in [0.25, 0.3) is 11.1 Å². The molecule has 1 unspecified atom stereocenters. The van der Waals surface area contributed by atoms with Crippen molar-refractivity contribution in [1.82, 2.24) is 10.1 Å². The lowest BCUT2D eigenvalue weighted by Gasteiger charge is -2.29. The molecule has 8 nitrogen and oxygen atoms in total. The van der Waals surface area contributed by atoms with Crippen LogP contribution < -0.4 is 4.72 Å². The maximum Gasteiger partial charge on any atom is 0.256 e. The van der Waals surface area contributed by atoms with E-state index in [9.17, 15) is 9.35 Å². The van der Waals surface area contributed by atoms with Gasteiger partial charge < -0.3 is 13.8 Å². The van der Waals surface area contributed by atoms with Crippen molar-refractivity contribution >= 4 is 28.9 Å². The number of aryl methyl sites for hydroxylation is 1. The molecule has 3 aromatic rings. The lowest BCUT2D eigenvalue weighted by atomic mass is 9.82. The molecule has 1 aliphatic carbocycles. The molecule has 0 radical (unpaired) electrons. The van der Waals surface area contributed by atoms with Crippen LogP contribution in [-0.4, -0.2) is 38.5 Å². The van der Waals surface area contributed by atoms with Crippen LogP contribution >= 0.6 is 0 Å². The minimum absolute atomic E-state index is 0.161. The predicted octanol–water partition coefficient (Wildman–Crippen LogP) is 7.26.